The molecule has 0 bridgehead atoms. The van der Waals surface area contributed by atoms with Crippen molar-refractivity contribution in [2.75, 3.05) is 13.2 Å². The zero-order valence-electron chi connectivity index (χ0n) is 8.91. The van der Waals surface area contributed by atoms with Gasteiger partial charge in [0.25, 0.3) is 0 Å². The molecule has 0 radical (unpaired) electrons. The lowest BCUT2D eigenvalue weighted by molar-refractivity contribution is 0.114. The average Bonchev–Trinajstić information content (AvgIpc) is 2.80. The van der Waals surface area contributed by atoms with Crippen LogP contribution in [-0.2, 0) is 4.74 Å². The molecule has 1 aliphatic rings. The van der Waals surface area contributed by atoms with E-state index in [4.69, 9.17) is 17.0 Å². The zero-order chi connectivity index (χ0) is 11.4. The van der Waals surface area contributed by atoms with Gasteiger partial charge < -0.3 is 10.1 Å². The predicted octanol–water partition coefficient (Wildman–Crippen LogP) is 2.27. The molecule has 0 unspecified atom stereocenters. The molecule has 4 heteroatoms. The molecule has 1 atom stereocenters. The van der Waals surface area contributed by atoms with Crippen molar-refractivity contribution < 1.29 is 9.13 Å². The Morgan fingerprint density at radius 3 is 2.81 bits per heavy atom. The summed E-state index contributed by atoms with van der Waals surface area (Å²) in [6.07, 6.45) is 2.47. The van der Waals surface area contributed by atoms with Crippen LogP contribution in [0, 0.1) is 5.82 Å². The summed E-state index contributed by atoms with van der Waals surface area (Å²) in [6.45, 7) is 1.58. The Hall–Kier alpha value is -1.00. The highest BCUT2D eigenvalue weighted by molar-refractivity contribution is 7.80. The molecule has 16 heavy (non-hydrogen) atoms. The summed E-state index contributed by atoms with van der Waals surface area (Å²) in [4.78, 5) is 0.649. The molecule has 1 heterocycles. The van der Waals surface area contributed by atoms with E-state index < -0.39 is 0 Å². The fourth-order valence-corrected chi connectivity index (χ4v) is 1.93. The van der Waals surface area contributed by atoms with E-state index in [2.05, 4.69) is 5.32 Å². The Morgan fingerprint density at radius 1 is 1.44 bits per heavy atom. The topological polar surface area (TPSA) is 21.3 Å². The third kappa shape index (κ3) is 3.00. The second-order valence-electron chi connectivity index (χ2n) is 3.85. The zero-order valence-corrected chi connectivity index (χ0v) is 9.73. The Morgan fingerprint density at radius 2 is 2.19 bits per heavy atom. The number of halogens is 1. The van der Waals surface area contributed by atoms with Crippen LogP contribution in [0.25, 0.3) is 0 Å². The van der Waals surface area contributed by atoms with Crippen LogP contribution < -0.4 is 5.32 Å². The molecule has 0 aromatic heterocycles. The molecule has 1 N–H and O–H groups in total. The van der Waals surface area contributed by atoms with Crippen molar-refractivity contribution in [3.8, 4) is 0 Å². The summed E-state index contributed by atoms with van der Waals surface area (Å²) in [6, 6.07) is 6.19. The first kappa shape index (κ1) is 11.5. The van der Waals surface area contributed by atoms with E-state index in [1.165, 1.54) is 12.1 Å². The monoisotopic (exact) mass is 239 g/mol. The largest absolute Gasteiger partial charge is 0.376 e. The lowest BCUT2D eigenvalue weighted by atomic mass is 10.2. The van der Waals surface area contributed by atoms with E-state index in [0.29, 0.717) is 4.99 Å². The number of nitrogens with one attached hydrogen (secondary N) is 1. The van der Waals surface area contributed by atoms with Gasteiger partial charge in [-0.2, -0.15) is 0 Å². The minimum absolute atomic E-state index is 0.245. The number of hydrogen-bond acceptors (Lipinski definition) is 2. The van der Waals surface area contributed by atoms with Crippen LogP contribution >= 0.6 is 12.2 Å². The maximum Gasteiger partial charge on any atom is 0.123 e. The number of thiocarbonyl (C=S) groups is 1. The lowest BCUT2D eigenvalue weighted by Crippen LogP contribution is -2.31. The van der Waals surface area contributed by atoms with Crippen LogP contribution in [0.5, 0.6) is 0 Å². The summed E-state index contributed by atoms with van der Waals surface area (Å²) >= 11 is 5.21. The molecule has 1 saturated heterocycles. The quantitative estimate of drug-likeness (QED) is 0.818. The van der Waals surface area contributed by atoms with Crippen LogP contribution in [0.4, 0.5) is 4.39 Å². The molecule has 1 aromatic carbocycles. The Balaban J connectivity index is 1.85. The van der Waals surface area contributed by atoms with E-state index in [1.807, 2.05) is 0 Å². The van der Waals surface area contributed by atoms with Crippen LogP contribution in [0.3, 0.4) is 0 Å². The van der Waals surface area contributed by atoms with Crippen molar-refractivity contribution in [1.29, 1.82) is 0 Å². The van der Waals surface area contributed by atoms with E-state index >= 15 is 0 Å². The number of rotatable bonds is 3. The van der Waals surface area contributed by atoms with Gasteiger partial charge in [-0.05, 0) is 37.1 Å². The average molecular weight is 239 g/mol. The van der Waals surface area contributed by atoms with E-state index in [1.54, 1.807) is 12.1 Å². The van der Waals surface area contributed by atoms with Crippen molar-refractivity contribution in [2.24, 2.45) is 0 Å². The predicted molar refractivity (Wildman–Crippen MR) is 65.1 cm³/mol. The first-order valence-corrected chi connectivity index (χ1v) is 5.82. The summed E-state index contributed by atoms with van der Waals surface area (Å²) < 4.78 is 18.2. The van der Waals surface area contributed by atoms with E-state index in [-0.39, 0.29) is 11.9 Å². The molecule has 2 rings (SSSR count). The number of benzene rings is 1. The van der Waals surface area contributed by atoms with Gasteiger partial charge in [-0.3, -0.25) is 0 Å². The van der Waals surface area contributed by atoms with Gasteiger partial charge in [0.15, 0.2) is 0 Å². The molecule has 86 valence electrons. The summed E-state index contributed by atoms with van der Waals surface area (Å²) in [5.74, 6) is -0.245. The van der Waals surface area contributed by atoms with Gasteiger partial charge in [-0.1, -0.05) is 12.2 Å². The van der Waals surface area contributed by atoms with Gasteiger partial charge in [-0.15, -0.1) is 0 Å². The summed E-state index contributed by atoms with van der Waals surface area (Å²) in [5, 5.41) is 3.14. The third-order valence-electron chi connectivity index (χ3n) is 2.62. The minimum atomic E-state index is -0.245. The number of ether oxygens (including phenoxy) is 1. The van der Waals surface area contributed by atoms with Gasteiger partial charge in [0.05, 0.1) is 6.10 Å². The van der Waals surface area contributed by atoms with Crippen LogP contribution in [0.2, 0.25) is 0 Å². The van der Waals surface area contributed by atoms with Gasteiger partial charge in [0.1, 0.15) is 10.8 Å². The minimum Gasteiger partial charge on any atom is -0.376 e. The molecule has 1 fully saturated rings. The molecule has 0 spiro atoms. The summed E-state index contributed by atoms with van der Waals surface area (Å²) in [7, 11) is 0. The standard InChI is InChI=1S/C12H14FNOS/c13-10-5-3-9(4-6-10)12(16)14-8-11-2-1-7-15-11/h3-6,11H,1-2,7-8H2,(H,14,16)/t11-/m1/s1. The fraction of sp³-hybridized carbons (Fsp3) is 0.417. The Labute approximate surface area is 99.8 Å². The highest BCUT2D eigenvalue weighted by Crippen LogP contribution is 2.11. The van der Waals surface area contributed by atoms with Gasteiger partial charge in [-0.25, -0.2) is 4.39 Å². The van der Waals surface area contributed by atoms with Gasteiger partial charge in [0, 0.05) is 18.7 Å². The molecule has 2 nitrogen and oxygen atoms in total. The van der Waals surface area contributed by atoms with Crippen LogP contribution in [0.15, 0.2) is 24.3 Å². The maximum atomic E-state index is 12.7. The first-order chi connectivity index (χ1) is 7.75. The van der Waals surface area contributed by atoms with E-state index in [9.17, 15) is 4.39 Å². The molecular formula is C12H14FNOS. The Kier molecular flexibility index (Phi) is 3.85. The number of hydrogen-bond donors (Lipinski definition) is 1. The molecule has 1 aromatic rings. The Bertz CT molecular complexity index is 360. The molecule has 1 aliphatic heterocycles. The van der Waals surface area contributed by atoms with Gasteiger partial charge in [0.2, 0.25) is 0 Å². The first-order valence-electron chi connectivity index (χ1n) is 5.41. The second kappa shape index (κ2) is 5.37. The maximum absolute atomic E-state index is 12.7. The van der Waals surface area contributed by atoms with Crippen LogP contribution in [0.1, 0.15) is 18.4 Å². The second-order valence-corrected chi connectivity index (χ2v) is 4.26. The molecule has 0 aliphatic carbocycles. The SMILES string of the molecule is Fc1ccc(C(=S)NC[C@H]2CCCO2)cc1. The van der Waals surface area contributed by atoms with Gasteiger partial charge >= 0.3 is 0 Å². The smallest absolute Gasteiger partial charge is 0.123 e. The molecular weight excluding hydrogens is 225 g/mol. The lowest BCUT2D eigenvalue weighted by Gasteiger charge is -2.12. The molecule has 0 amide bonds. The normalized spacial score (nSPS) is 19.7. The van der Waals surface area contributed by atoms with Crippen molar-refractivity contribution in [3.63, 3.8) is 0 Å². The van der Waals surface area contributed by atoms with Crippen molar-refractivity contribution >= 4 is 17.2 Å². The highest BCUT2D eigenvalue weighted by Gasteiger charge is 2.15. The fourth-order valence-electron chi connectivity index (χ4n) is 1.72. The van der Waals surface area contributed by atoms with Crippen LogP contribution in [-0.4, -0.2) is 24.2 Å². The van der Waals surface area contributed by atoms with Crippen molar-refractivity contribution in [2.45, 2.75) is 18.9 Å². The van der Waals surface area contributed by atoms with E-state index in [0.717, 1.165) is 31.6 Å². The third-order valence-corrected chi connectivity index (χ3v) is 3.00. The highest BCUT2D eigenvalue weighted by atomic mass is 32.1. The van der Waals surface area contributed by atoms with Crippen molar-refractivity contribution in [1.82, 2.24) is 5.32 Å². The molecule has 0 saturated carbocycles. The van der Waals surface area contributed by atoms with Crippen molar-refractivity contribution in [3.05, 3.63) is 35.6 Å². The summed E-state index contributed by atoms with van der Waals surface area (Å²) in [5.41, 5.74) is 0.842.